The number of pyridine rings is 1. The van der Waals surface area contributed by atoms with Gasteiger partial charge in [0.1, 0.15) is 4.88 Å². The highest BCUT2D eigenvalue weighted by Crippen LogP contribution is 2.29. The van der Waals surface area contributed by atoms with Crippen molar-refractivity contribution >= 4 is 33.1 Å². The summed E-state index contributed by atoms with van der Waals surface area (Å²) in [5.74, 6) is -0.342. The lowest BCUT2D eigenvalue weighted by atomic mass is 10.3. The Balaban J connectivity index is 2.62. The van der Waals surface area contributed by atoms with E-state index in [-0.39, 0.29) is 5.97 Å². The number of fused-ring (bicyclic) bond motifs is 1. The van der Waals surface area contributed by atoms with E-state index in [1.807, 2.05) is 0 Å². The molecule has 2 rings (SSSR count). The van der Waals surface area contributed by atoms with Gasteiger partial charge < -0.3 is 10.5 Å². The molecule has 2 N–H and O–H groups in total. The Labute approximate surface area is 84.3 Å². The third kappa shape index (κ3) is 1.31. The summed E-state index contributed by atoms with van der Waals surface area (Å²) in [6, 6.07) is 1.73. The summed E-state index contributed by atoms with van der Waals surface area (Å²) in [7, 11) is 1.36. The van der Waals surface area contributed by atoms with Crippen molar-refractivity contribution in [1.29, 1.82) is 0 Å². The number of thiophene rings is 1. The fourth-order valence-electron chi connectivity index (χ4n) is 1.18. The van der Waals surface area contributed by atoms with Gasteiger partial charge in [0.05, 0.1) is 23.7 Å². The van der Waals surface area contributed by atoms with Crippen molar-refractivity contribution in [3.8, 4) is 0 Å². The number of anilines is 1. The third-order valence-corrected chi connectivity index (χ3v) is 3.02. The number of carbonyl (C=O) groups is 1. The Morgan fingerprint density at radius 2 is 2.36 bits per heavy atom. The Morgan fingerprint density at radius 3 is 3.00 bits per heavy atom. The first-order valence-corrected chi connectivity index (χ1v) is 4.75. The van der Waals surface area contributed by atoms with Crippen molar-refractivity contribution in [2.75, 3.05) is 12.8 Å². The molecule has 14 heavy (non-hydrogen) atoms. The first-order chi connectivity index (χ1) is 6.72. The molecule has 0 amide bonds. The molecule has 0 aromatic carbocycles. The molecule has 2 heterocycles. The topological polar surface area (TPSA) is 65.2 Å². The van der Waals surface area contributed by atoms with Gasteiger partial charge in [-0.1, -0.05) is 0 Å². The highest BCUT2D eigenvalue weighted by atomic mass is 32.1. The molecule has 0 saturated heterocycles. The Bertz CT molecular complexity index is 493. The number of nitrogens with zero attached hydrogens (tertiary/aromatic N) is 1. The van der Waals surface area contributed by atoms with Crippen LogP contribution in [0, 0.1) is 0 Å². The van der Waals surface area contributed by atoms with Crippen LogP contribution in [0.5, 0.6) is 0 Å². The molecule has 0 aliphatic heterocycles. The van der Waals surface area contributed by atoms with Crippen LogP contribution in [0.15, 0.2) is 18.5 Å². The summed E-state index contributed by atoms with van der Waals surface area (Å²) >= 11 is 1.32. The van der Waals surface area contributed by atoms with Gasteiger partial charge >= 0.3 is 5.97 Å². The first-order valence-electron chi connectivity index (χ1n) is 3.93. The second-order valence-corrected chi connectivity index (χ2v) is 3.80. The molecule has 2 aromatic rings. The van der Waals surface area contributed by atoms with Crippen LogP contribution < -0.4 is 5.73 Å². The van der Waals surface area contributed by atoms with Crippen LogP contribution >= 0.6 is 11.3 Å². The van der Waals surface area contributed by atoms with Gasteiger partial charge in [-0.15, -0.1) is 11.3 Å². The zero-order chi connectivity index (χ0) is 10.1. The molecular weight excluding hydrogens is 200 g/mol. The number of nitrogen functional groups attached to an aromatic ring is 1. The fourth-order valence-corrected chi connectivity index (χ4v) is 2.16. The van der Waals surface area contributed by atoms with Crippen molar-refractivity contribution in [3.05, 3.63) is 23.3 Å². The van der Waals surface area contributed by atoms with E-state index in [0.29, 0.717) is 10.6 Å². The van der Waals surface area contributed by atoms with Gasteiger partial charge in [-0.05, 0) is 6.07 Å². The van der Waals surface area contributed by atoms with Crippen molar-refractivity contribution in [1.82, 2.24) is 4.98 Å². The lowest BCUT2D eigenvalue weighted by Gasteiger charge is -1.92. The number of carbonyl (C=O) groups excluding carboxylic acids is 1. The molecule has 0 bridgehead atoms. The summed E-state index contributed by atoms with van der Waals surface area (Å²) in [5, 5.41) is 0.871. The van der Waals surface area contributed by atoms with E-state index in [1.54, 1.807) is 18.5 Å². The molecule has 0 fully saturated rings. The van der Waals surface area contributed by atoms with Gasteiger partial charge in [-0.2, -0.15) is 0 Å². The first kappa shape index (κ1) is 8.96. The lowest BCUT2D eigenvalue weighted by Crippen LogP contribution is -1.96. The molecule has 0 unspecified atom stereocenters. The zero-order valence-corrected chi connectivity index (χ0v) is 8.30. The van der Waals surface area contributed by atoms with E-state index >= 15 is 0 Å². The maximum Gasteiger partial charge on any atom is 0.348 e. The quantitative estimate of drug-likeness (QED) is 0.724. The van der Waals surface area contributed by atoms with E-state index < -0.39 is 0 Å². The Morgan fingerprint density at radius 1 is 1.57 bits per heavy atom. The van der Waals surface area contributed by atoms with Gasteiger partial charge in [-0.25, -0.2) is 4.79 Å². The molecule has 4 nitrogen and oxygen atoms in total. The van der Waals surface area contributed by atoms with E-state index in [2.05, 4.69) is 9.72 Å². The minimum atomic E-state index is -0.342. The average Bonchev–Trinajstić information content (AvgIpc) is 2.62. The molecule has 0 spiro atoms. The predicted molar refractivity (Wildman–Crippen MR) is 55.4 cm³/mol. The van der Waals surface area contributed by atoms with Crippen molar-refractivity contribution in [2.24, 2.45) is 0 Å². The van der Waals surface area contributed by atoms with Crippen molar-refractivity contribution < 1.29 is 9.53 Å². The number of ether oxygens (including phenoxy) is 1. The summed E-state index contributed by atoms with van der Waals surface area (Å²) < 4.78 is 5.49. The summed E-state index contributed by atoms with van der Waals surface area (Å²) in [6.45, 7) is 0. The van der Waals surface area contributed by atoms with E-state index in [1.165, 1.54) is 18.4 Å². The smallest absolute Gasteiger partial charge is 0.348 e. The Kier molecular flexibility index (Phi) is 2.09. The lowest BCUT2D eigenvalue weighted by molar-refractivity contribution is 0.0606. The van der Waals surface area contributed by atoms with E-state index in [0.717, 1.165) is 10.1 Å². The summed E-state index contributed by atoms with van der Waals surface area (Å²) in [4.78, 5) is 15.7. The SMILES string of the molecule is COC(=O)c1cc2cncc(N)c2s1. The molecule has 0 radical (unpaired) electrons. The molecule has 0 aliphatic rings. The molecule has 0 atom stereocenters. The maximum absolute atomic E-state index is 11.2. The van der Waals surface area contributed by atoms with Gasteiger partial charge in [0.25, 0.3) is 0 Å². The molecule has 0 aliphatic carbocycles. The second kappa shape index (κ2) is 3.26. The van der Waals surface area contributed by atoms with Crippen LogP contribution in [0.25, 0.3) is 10.1 Å². The monoisotopic (exact) mass is 208 g/mol. The number of nitrogens with two attached hydrogens (primary N) is 1. The number of rotatable bonds is 1. The summed E-state index contributed by atoms with van der Waals surface area (Å²) in [6.07, 6.45) is 3.24. The number of methoxy groups -OCH3 is 1. The Hall–Kier alpha value is -1.62. The maximum atomic E-state index is 11.2. The number of aromatic nitrogens is 1. The number of esters is 1. The van der Waals surface area contributed by atoms with Gasteiger partial charge in [0.15, 0.2) is 0 Å². The van der Waals surface area contributed by atoms with Crippen LogP contribution in [0.3, 0.4) is 0 Å². The standard InChI is InChI=1S/C9H8N2O2S/c1-13-9(12)7-2-5-3-11-4-6(10)8(5)14-7/h2-4H,10H2,1H3. The molecule has 5 heteroatoms. The molecule has 0 saturated carbocycles. The van der Waals surface area contributed by atoms with E-state index in [4.69, 9.17) is 5.73 Å². The van der Waals surface area contributed by atoms with Crippen LogP contribution in [0.4, 0.5) is 5.69 Å². The minimum Gasteiger partial charge on any atom is -0.465 e. The normalized spacial score (nSPS) is 10.4. The molecule has 72 valence electrons. The zero-order valence-electron chi connectivity index (χ0n) is 7.48. The largest absolute Gasteiger partial charge is 0.465 e. The highest BCUT2D eigenvalue weighted by molar-refractivity contribution is 7.21. The van der Waals surface area contributed by atoms with E-state index in [9.17, 15) is 4.79 Å². The minimum absolute atomic E-state index is 0.342. The second-order valence-electron chi connectivity index (χ2n) is 2.75. The molecule has 2 aromatic heterocycles. The van der Waals surface area contributed by atoms with Crippen LogP contribution in [-0.4, -0.2) is 18.1 Å². The third-order valence-electron chi connectivity index (χ3n) is 1.84. The van der Waals surface area contributed by atoms with Gasteiger partial charge in [0.2, 0.25) is 0 Å². The number of hydrogen-bond donors (Lipinski definition) is 1. The van der Waals surface area contributed by atoms with Crippen LogP contribution in [0.1, 0.15) is 9.67 Å². The number of hydrogen-bond acceptors (Lipinski definition) is 5. The van der Waals surface area contributed by atoms with Crippen molar-refractivity contribution in [2.45, 2.75) is 0 Å². The van der Waals surface area contributed by atoms with Gasteiger partial charge in [0, 0.05) is 11.6 Å². The van der Waals surface area contributed by atoms with Crippen molar-refractivity contribution in [3.63, 3.8) is 0 Å². The summed E-state index contributed by atoms with van der Waals surface area (Å²) in [5.41, 5.74) is 6.29. The van der Waals surface area contributed by atoms with Gasteiger partial charge in [-0.3, -0.25) is 4.98 Å². The van der Waals surface area contributed by atoms with Crippen LogP contribution in [0.2, 0.25) is 0 Å². The average molecular weight is 208 g/mol. The highest BCUT2D eigenvalue weighted by Gasteiger charge is 2.11. The molecular formula is C9H8N2O2S. The van der Waals surface area contributed by atoms with Crippen LogP contribution in [-0.2, 0) is 4.74 Å². The fraction of sp³-hybridized carbons (Fsp3) is 0.111. The predicted octanol–water partition coefficient (Wildman–Crippen LogP) is 1.67.